The van der Waals surface area contributed by atoms with Crippen molar-refractivity contribution in [2.24, 2.45) is 0 Å². The average molecular weight is 394 g/mol. The molecule has 0 saturated heterocycles. The highest BCUT2D eigenvalue weighted by Gasteiger charge is 2.22. The van der Waals surface area contributed by atoms with Gasteiger partial charge in [-0.05, 0) is 60.0 Å². The zero-order valence-corrected chi connectivity index (χ0v) is 15.5. The van der Waals surface area contributed by atoms with Gasteiger partial charge in [0.1, 0.15) is 6.67 Å². The summed E-state index contributed by atoms with van der Waals surface area (Å²) < 4.78 is 13.5. The number of rotatable bonds is 4. The fourth-order valence-electron chi connectivity index (χ4n) is 2.23. The molecule has 2 rings (SSSR count). The number of carbonyl (C=O) groups is 1. The van der Waals surface area contributed by atoms with Crippen LogP contribution < -0.4 is 10.6 Å². The number of benzene rings is 1. The molecule has 1 heterocycles. The first-order chi connectivity index (χ1) is 11.3. The molecular weight excluding hydrogens is 373 g/mol. The molecule has 0 aliphatic rings. The molecule has 6 heteroatoms. The molecule has 0 spiro atoms. The highest BCUT2D eigenvalue weighted by molar-refractivity contribution is 9.10. The van der Waals surface area contributed by atoms with Gasteiger partial charge in [0, 0.05) is 16.2 Å². The molecule has 1 aromatic heterocycles. The Labute approximate surface area is 150 Å². The molecule has 2 N–H and O–H groups in total. The van der Waals surface area contributed by atoms with Gasteiger partial charge >= 0.3 is 6.03 Å². The number of nitrogens with zero attached hydrogens (tertiary/aromatic N) is 1. The quantitative estimate of drug-likeness (QED) is 0.802. The predicted molar refractivity (Wildman–Crippen MR) is 96.5 cm³/mol. The van der Waals surface area contributed by atoms with Crippen molar-refractivity contribution in [3.05, 3.63) is 63.9 Å². The minimum absolute atomic E-state index is 0.292. The molecule has 0 radical (unpaired) electrons. The lowest BCUT2D eigenvalue weighted by Crippen LogP contribution is -2.47. The number of carbonyl (C=O) groups excluding carboxylic acids is 1. The number of hydrogen-bond acceptors (Lipinski definition) is 2. The first-order valence-electron chi connectivity index (χ1n) is 7.64. The van der Waals surface area contributed by atoms with Crippen LogP contribution in [0.1, 0.15) is 43.6 Å². The normalized spacial score (nSPS) is 12.5. The van der Waals surface area contributed by atoms with Crippen LogP contribution in [0.3, 0.4) is 0 Å². The van der Waals surface area contributed by atoms with Crippen LogP contribution in [-0.4, -0.2) is 16.6 Å². The zero-order valence-electron chi connectivity index (χ0n) is 13.9. The minimum Gasteiger partial charge on any atom is -0.334 e. The minimum atomic E-state index is -0.518. The maximum Gasteiger partial charge on any atom is 0.315 e. The summed E-state index contributed by atoms with van der Waals surface area (Å²) in [5.74, 6) is 0. The van der Waals surface area contributed by atoms with Crippen LogP contribution in [-0.2, 0) is 6.67 Å². The number of halogens is 2. The second kappa shape index (κ2) is 7.75. The number of amides is 2. The van der Waals surface area contributed by atoms with Crippen molar-refractivity contribution in [1.29, 1.82) is 0 Å². The van der Waals surface area contributed by atoms with Gasteiger partial charge in [0.15, 0.2) is 0 Å². The standard InChI is InChI=1S/C18H21BrFN3O/c1-18(2,3)23-17(24)22-15(16-14(19)5-4-10-21-16)13-8-6-12(11-20)7-9-13/h4-10,15H,11H2,1-3H3,(H2,22,23,24)/t15-/m0/s1. The third-order valence-electron chi connectivity index (χ3n) is 3.29. The Bertz CT molecular complexity index is 698. The van der Waals surface area contributed by atoms with Crippen LogP contribution in [0.5, 0.6) is 0 Å². The number of hydrogen-bond donors (Lipinski definition) is 2. The van der Waals surface area contributed by atoms with Gasteiger partial charge in [-0.3, -0.25) is 4.98 Å². The van der Waals surface area contributed by atoms with E-state index in [-0.39, 0.29) is 11.6 Å². The molecule has 2 aromatic rings. The first kappa shape index (κ1) is 18.4. The molecule has 24 heavy (non-hydrogen) atoms. The second-order valence-corrected chi connectivity index (χ2v) is 7.38. The van der Waals surface area contributed by atoms with E-state index in [2.05, 4.69) is 31.5 Å². The average Bonchev–Trinajstić information content (AvgIpc) is 2.52. The van der Waals surface area contributed by atoms with Crippen molar-refractivity contribution in [1.82, 2.24) is 15.6 Å². The van der Waals surface area contributed by atoms with E-state index in [4.69, 9.17) is 0 Å². The van der Waals surface area contributed by atoms with Crippen LogP contribution in [0.4, 0.5) is 9.18 Å². The van der Waals surface area contributed by atoms with E-state index in [0.29, 0.717) is 11.3 Å². The summed E-state index contributed by atoms with van der Waals surface area (Å²) in [6, 6.07) is 9.97. The van der Waals surface area contributed by atoms with Crippen LogP contribution in [0.25, 0.3) is 0 Å². The van der Waals surface area contributed by atoms with Crippen molar-refractivity contribution in [2.75, 3.05) is 0 Å². The third-order valence-corrected chi connectivity index (χ3v) is 3.96. The van der Waals surface area contributed by atoms with Crippen molar-refractivity contribution < 1.29 is 9.18 Å². The largest absolute Gasteiger partial charge is 0.334 e. The second-order valence-electron chi connectivity index (χ2n) is 6.53. The fraction of sp³-hybridized carbons (Fsp3) is 0.333. The Morgan fingerprint density at radius 2 is 1.92 bits per heavy atom. The molecule has 0 bridgehead atoms. The molecule has 0 aliphatic carbocycles. The number of alkyl halides is 1. The molecule has 0 aliphatic heterocycles. The van der Waals surface area contributed by atoms with E-state index in [0.717, 1.165) is 10.0 Å². The summed E-state index contributed by atoms with van der Waals surface area (Å²) in [4.78, 5) is 16.7. The topological polar surface area (TPSA) is 54.0 Å². The van der Waals surface area contributed by atoms with Gasteiger partial charge in [-0.15, -0.1) is 0 Å². The van der Waals surface area contributed by atoms with Gasteiger partial charge in [-0.1, -0.05) is 24.3 Å². The Hall–Kier alpha value is -1.95. The third kappa shape index (κ3) is 5.03. The zero-order chi connectivity index (χ0) is 17.7. The summed E-state index contributed by atoms with van der Waals surface area (Å²) in [6.45, 7) is 5.22. The molecular formula is C18H21BrFN3O. The van der Waals surface area contributed by atoms with Gasteiger partial charge in [0.2, 0.25) is 0 Å². The lowest BCUT2D eigenvalue weighted by molar-refractivity contribution is 0.229. The van der Waals surface area contributed by atoms with Crippen LogP contribution >= 0.6 is 15.9 Å². The molecule has 0 saturated carbocycles. The van der Waals surface area contributed by atoms with Gasteiger partial charge < -0.3 is 10.6 Å². The molecule has 4 nitrogen and oxygen atoms in total. The Kier molecular flexibility index (Phi) is 5.94. The Morgan fingerprint density at radius 3 is 2.46 bits per heavy atom. The fourth-order valence-corrected chi connectivity index (χ4v) is 2.71. The molecule has 2 amide bonds. The summed E-state index contributed by atoms with van der Waals surface area (Å²) in [6.07, 6.45) is 1.67. The van der Waals surface area contributed by atoms with Crippen molar-refractivity contribution in [3.63, 3.8) is 0 Å². The van der Waals surface area contributed by atoms with Crippen LogP contribution in [0.2, 0.25) is 0 Å². The molecule has 0 fully saturated rings. The first-order valence-corrected chi connectivity index (χ1v) is 8.43. The highest BCUT2D eigenvalue weighted by atomic mass is 79.9. The number of urea groups is 1. The predicted octanol–water partition coefficient (Wildman–Crippen LogP) is 4.50. The van der Waals surface area contributed by atoms with Gasteiger partial charge in [-0.25, -0.2) is 9.18 Å². The summed E-state index contributed by atoms with van der Waals surface area (Å²) in [5.41, 5.74) is 1.76. The number of nitrogens with one attached hydrogen (secondary N) is 2. The number of pyridine rings is 1. The maximum absolute atomic E-state index is 12.7. The highest BCUT2D eigenvalue weighted by Crippen LogP contribution is 2.27. The van der Waals surface area contributed by atoms with E-state index < -0.39 is 12.7 Å². The molecule has 0 unspecified atom stereocenters. The van der Waals surface area contributed by atoms with Crippen LogP contribution in [0, 0.1) is 0 Å². The van der Waals surface area contributed by atoms with E-state index in [1.54, 1.807) is 30.5 Å². The number of aromatic nitrogens is 1. The van der Waals surface area contributed by atoms with Crippen LogP contribution in [0.15, 0.2) is 47.1 Å². The SMILES string of the molecule is CC(C)(C)NC(=O)N[C@@H](c1ccc(CF)cc1)c1ncccc1Br. The smallest absolute Gasteiger partial charge is 0.315 e. The molecule has 1 aromatic carbocycles. The van der Waals surface area contributed by atoms with Crippen molar-refractivity contribution in [3.8, 4) is 0 Å². The van der Waals surface area contributed by atoms with Crippen molar-refractivity contribution >= 4 is 22.0 Å². The molecule has 128 valence electrons. The van der Waals surface area contributed by atoms with E-state index in [1.807, 2.05) is 32.9 Å². The van der Waals surface area contributed by atoms with Gasteiger partial charge in [0.25, 0.3) is 0 Å². The summed E-state index contributed by atoms with van der Waals surface area (Å²) >= 11 is 3.48. The van der Waals surface area contributed by atoms with Gasteiger partial charge in [-0.2, -0.15) is 0 Å². The Morgan fingerprint density at radius 1 is 1.25 bits per heavy atom. The lowest BCUT2D eigenvalue weighted by atomic mass is 10.0. The van der Waals surface area contributed by atoms with E-state index in [1.165, 1.54) is 0 Å². The summed E-state index contributed by atoms with van der Waals surface area (Å²) in [5, 5.41) is 5.83. The summed E-state index contributed by atoms with van der Waals surface area (Å²) in [7, 11) is 0. The lowest BCUT2D eigenvalue weighted by Gasteiger charge is -2.25. The Balaban J connectivity index is 2.34. The monoisotopic (exact) mass is 393 g/mol. The van der Waals surface area contributed by atoms with Crippen molar-refractivity contribution in [2.45, 2.75) is 39.0 Å². The van der Waals surface area contributed by atoms with Gasteiger partial charge in [0.05, 0.1) is 11.7 Å². The van der Waals surface area contributed by atoms with E-state index in [9.17, 15) is 9.18 Å². The van der Waals surface area contributed by atoms with E-state index >= 15 is 0 Å². The molecule has 1 atom stereocenters. The maximum atomic E-state index is 12.7.